The molecule has 2 aromatic carbocycles. The molecule has 0 saturated carbocycles. The van der Waals surface area contributed by atoms with E-state index in [2.05, 4.69) is 36.4 Å². The smallest absolute Gasteiger partial charge is 0.329 e. The molecule has 1 atom stereocenters. The number of nitrogens with one attached hydrogen (secondary N) is 2. The van der Waals surface area contributed by atoms with Gasteiger partial charge in [0.1, 0.15) is 18.5 Å². The summed E-state index contributed by atoms with van der Waals surface area (Å²) in [5.74, 6) is 0.797. The minimum absolute atomic E-state index is 0.0162. The molecule has 0 amide bonds. The second kappa shape index (κ2) is 9.84. The van der Waals surface area contributed by atoms with Crippen molar-refractivity contribution in [1.82, 2.24) is 19.1 Å². The monoisotopic (exact) mass is 512 g/mol. The quantitative estimate of drug-likeness (QED) is 0.245. The number of hydrogen-bond acceptors (Lipinski definition) is 7. The number of hydrogen-bond donors (Lipinski definition) is 3. The first kappa shape index (κ1) is 22.5. The van der Waals surface area contributed by atoms with Gasteiger partial charge in [-0.15, -0.1) is 0 Å². The van der Waals surface area contributed by atoms with Gasteiger partial charge < -0.3 is 14.4 Å². The number of halogens is 1. The molecule has 10 nitrogen and oxygen atoms in total. The third-order valence-electron chi connectivity index (χ3n) is 4.83. The fourth-order valence-electron chi connectivity index (χ4n) is 3.19. The lowest BCUT2D eigenvalue weighted by Crippen LogP contribution is -2.30. The van der Waals surface area contributed by atoms with Crippen molar-refractivity contribution in [2.45, 2.75) is 12.6 Å². The summed E-state index contributed by atoms with van der Waals surface area (Å²) in [6.07, 6.45) is 0.626. The van der Waals surface area contributed by atoms with Crippen LogP contribution in [0.4, 0.5) is 5.95 Å². The summed E-state index contributed by atoms with van der Waals surface area (Å²) in [7, 11) is 1.50. The molecule has 4 aromatic rings. The van der Waals surface area contributed by atoms with Gasteiger partial charge in [0.2, 0.25) is 5.95 Å². The Hall–Kier alpha value is -3.70. The Morgan fingerprint density at radius 1 is 1.21 bits per heavy atom. The molecule has 0 fully saturated rings. The first-order valence-electron chi connectivity index (χ1n) is 10.0. The van der Waals surface area contributed by atoms with Crippen molar-refractivity contribution < 1.29 is 9.84 Å². The number of imidazole rings is 1. The van der Waals surface area contributed by atoms with Crippen LogP contribution in [-0.2, 0) is 13.6 Å². The van der Waals surface area contributed by atoms with Crippen LogP contribution in [0.15, 0.2) is 73.8 Å². The average Bonchev–Trinajstić information content (AvgIpc) is 3.16. The molecular weight excluding hydrogens is 492 g/mol. The standard InChI is InChI=1S/C22H21BrN6O4/c1-28-19-18(20(31)26-22(28)32)29(12-16(30)13-33-17-9-7-15(23)8-10-17)21(25-19)27-24-11-14-5-3-2-4-6-14/h2-11,16,30H,12-13H2,1H3,(H,25,27)(H,26,31,32). The second-order valence-electron chi connectivity index (χ2n) is 7.24. The van der Waals surface area contributed by atoms with Crippen molar-refractivity contribution in [1.29, 1.82) is 0 Å². The number of aryl methyl sites for hydroxylation is 1. The Kier molecular flexibility index (Phi) is 6.71. The predicted molar refractivity (Wildman–Crippen MR) is 129 cm³/mol. The summed E-state index contributed by atoms with van der Waals surface area (Å²) in [5.41, 5.74) is 2.78. The zero-order valence-corrected chi connectivity index (χ0v) is 19.2. The van der Waals surface area contributed by atoms with Crippen LogP contribution < -0.4 is 21.4 Å². The van der Waals surface area contributed by atoms with Crippen LogP contribution in [0.25, 0.3) is 11.2 Å². The lowest BCUT2D eigenvalue weighted by molar-refractivity contribution is 0.0938. The predicted octanol–water partition coefficient (Wildman–Crippen LogP) is 2.07. The van der Waals surface area contributed by atoms with Crippen molar-refractivity contribution in [3.8, 4) is 5.75 Å². The van der Waals surface area contributed by atoms with E-state index in [1.807, 2.05) is 42.5 Å². The normalized spacial score (nSPS) is 12.3. The lowest BCUT2D eigenvalue weighted by Gasteiger charge is -2.15. The molecule has 0 radical (unpaired) electrons. The van der Waals surface area contributed by atoms with Crippen molar-refractivity contribution in [2.75, 3.05) is 12.0 Å². The van der Waals surface area contributed by atoms with E-state index < -0.39 is 17.4 Å². The van der Waals surface area contributed by atoms with Crippen LogP contribution in [0.2, 0.25) is 0 Å². The van der Waals surface area contributed by atoms with Gasteiger partial charge in [0.25, 0.3) is 5.56 Å². The lowest BCUT2D eigenvalue weighted by atomic mass is 10.2. The number of aromatic amines is 1. The van der Waals surface area contributed by atoms with Gasteiger partial charge in [-0.05, 0) is 29.8 Å². The topological polar surface area (TPSA) is 127 Å². The van der Waals surface area contributed by atoms with Crippen molar-refractivity contribution in [2.24, 2.45) is 12.1 Å². The van der Waals surface area contributed by atoms with Crippen LogP contribution >= 0.6 is 15.9 Å². The van der Waals surface area contributed by atoms with E-state index in [0.29, 0.717) is 5.75 Å². The van der Waals surface area contributed by atoms with Gasteiger partial charge in [0.15, 0.2) is 11.2 Å². The number of aliphatic hydroxyl groups excluding tert-OH is 1. The van der Waals surface area contributed by atoms with Crippen LogP contribution in [-0.4, -0.2) is 43.1 Å². The Labute approximate surface area is 196 Å². The summed E-state index contributed by atoms with van der Waals surface area (Å²) in [6, 6.07) is 16.6. The summed E-state index contributed by atoms with van der Waals surface area (Å²) in [6.45, 7) is -0.0325. The number of aliphatic hydroxyl groups is 1. The Morgan fingerprint density at radius 2 is 1.94 bits per heavy atom. The largest absolute Gasteiger partial charge is 0.491 e. The molecule has 4 rings (SSSR count). The van der Waals surface area contributed by atoms with Crippen molar-refractivity contribution >= 4 is 39.3 Å². The Morgan fingerprint density at radius 3 is 2.67 bits per heavy atom. The number of nitrogens with zero attached hydrogens (tertiary/aromatic N) is 4. The van der Waals surface area contributed by atoms with Crippen LogP contribution in [0.1, 0.15) is 5.56 Å². The van der Waals surface area contributed by atoms with E-state index in [-0.39, 0.29) is 30.3 Å². The first-order valence-corrected chi connectivity index (χ1v) is 10.8. The molecule has 0 saturated heterocycles. The van der Waals surface area contributed by atoms with Gasteiger partial charge in [0, 0.05) is 11.5 Å². The Balaban J connectivity index is 1.61. The van der Waals surface area contributed by atoms with Crippen LogP contribution in [0.3, 0.4) is 0 Å². The number of ether oxygens (including phenoxy) is 1. The number of anilines is 1. The minimum atomic E-state index is -0.971. The number of H-pyrrole nitrogens is 1. The molecule has 1 unspecified atom stereocenters. The summed E-state index contributed by atoms with van der Waals surface area (Å²) >= 11 is 3.36. The highest BCUT2D eigenvalue weighted by Crippen LogP contribution is 2.18. The fourth-order valence-corrected chi connectivity index (χ4v) is 3.45. The van der Waals surface area contributed by atoms with Gasteiger partial charge in [-0.2, -0.15) is 10.1 Å². The highest BCUT2D eigenvalue weighted by molar-refractivity contribution is 9.10. The van der Waals surface area contributed by atoms with E-state index in [4.69, 9.17) is 4.74 Å². The highest BCUT2D eigenvalue weighted by Gasteiger charge is 2.20. The van der Waals surface area contributed by atoms with Crippen LogP contribution in [0, 0.1) is 0 Å². The van der Waals surface area contributed by atoms with E-state index >= 15 is 0 Å². The molecule has 2 heterocycles. The number of aromatic nitrogens is 4. The number of fused-ring (bicyclic) bond motifs is 1. The molecule has 3 N–H and O–H groups in total. The Bertz CT molecular complexity index is 1390. The molecule has 11 heteroatoms. The second-order valence-corrected chi connectivity index (χ2v) is 8.15. The number of rotatable bonds is 8. The zero-order valence-electron chi connectivity index (χ0n) is 17.6. The van der Waals surface area contributed by atoms with Crippen molar-refractivity contribution in [3.63, 3.8) is 0 Å². The maximum atomic E-state index is 12.6. The van der Waals surface area contributed by atoms with E-state index in [1.54, 1.807) is 18.3 Å². The summed E-state index contributed by atoms with van der Waals surface area (Å²) in [5, 5.41) is 14.8. The van der Waals surface area contributed by atoms with E-state index in [0.717, 1.165) is 10.0 Å². The molecular formula is C22H21BrN6O4. The van der Waals surface area contributed by atoms with Gasteiger partial charge in [-0.1, -0.05) is 46.3 Å². The summed E-state index contributed by atoms with van der Waals surface area (Å²) in [4.78, 5) is 31.2. The maximum Gasteiger partial charge on any atom is 0.329 e. The molecule has 0 bridgehead atoms. The minimum Gasteiger partial charge on any atom is -0.491 e. The molecule has 170 valence electrons. The molecule has 0 aliphatic rings. The fraction of sp³-hybridized carbons (Fsp3) is 0.182. The van der Waals surface area contributed by atoms with E-state index in [1.165, 1.54) is 16.2 Å². The molecule has 2 aromatic heterocycles. The third-order valence-corrected chi connectivity index (χ3v) is 5.36. The SMILES string of the molecule is Cn1c(=O)[nH]c(=O)c2c1nc(NN=Cc1ccccc1)n2CC(O)COc1ccc(Br)cc1. The summed E-state index contributed by atoms with van der Waals surface area (Å²) < 4.78 is 9.26. The molecule has 0 aliphatic heterocycles. The van der Waals surface area contributed by atoms with Crippen LogP contribution in [0.5, 0.6) is 5.75 Å². The van der Waals surface area contributed by atoms with Gasteiger partial charge in [0.05, 0.1) is 12.8 Å². The van der Waals surface area contributed by atoms with E-state index in [9.17, 15) is 14.7 Å². The molecule has 0 spiro atoms. The van der Waals surface area contributed by atoms with Gasteiger partial charge >= 0.3 is 5.69 Å². The van der Waals surface area contributed by atoms with Gasteiger partial charge in [-0.3, -0.25) is 14.3 Å². The molecule has 0 aliphatic carbocycles. The maximum absolute atomic E-state index is 12.6. The first-order chi connectivity index (χ1) is 15.9. The van der Waals surface area contributed by atoms with Crippen molar-refractivity contribution in [3.05, 3.63) is 85.5 Å². The molecule has 33 heavy (non-hydrogen) atoms. The highest BCUT2D eigenvalue weighted by atomic mass is 79.9. The number of benzene rings is 2. The average molecular weight is 513 g/mol. The third kappa shape index (κ3) is 5.21. The van der Waals surface area contributed by atoms with Gasteiger partial charge in [-0.25, -0.2) is 10.2 Å². The number of hydrazone groups is 1. The zero-order chi connectivity index (χ0) is 23.4.